The van der Waals surface area contributed by atoms with E-state index in [0.29, 0.717) is 0 Å². The first-order valence-electron chi connectivity index (χ1n) is 11.9. The van der Waals surface area contributed by atoms with Gasteiger partial charge in [0.15, 0.2) is 0 Å². The van der Waals surface area contributed by atoms with Crippen LogP contribution in [0, 0.1) is 28.4 Å². The second-order valence-electron chi connectivity index (χ2n) is 10.6. The van der Waals surface area contributed by atoms with Crippen LogP contribution in [-0.2, 0) is 19.7 Å². The van der Waals surface area contributed by atoms with Gasteiger partial charge in [0.25, 0.3) is 0 Å². The number of carbonyl (C=O) groups is 2. The number of benzene rings is 2. The van der Waals surface area contributed by atoms with Crippen LogP contribution in [0.15, 0.2) is 36.4 Å². The topological polar surface area (TPSA) is 125 Å². The molecule has 1 amide bonds. The fourth-order valence-corrected chi connectivity index (χ4v) is 5.43. The summed E-state index contributed by atoms with van der Waals surface area (Å²) in [5.41, 5.74) is 2.72. The standard InChI is InChI=1S/C27H29Cl2F2N3O4/c1-26(2,3)11-20-27(13-32,17-8-7-14(28)9-19(17)30)22(16-5-4-6-18(29)23(16)31)24(34-20)25(37)38-12-15(35)10-21(33)36/h4-9,15,20,22,24,34-35H,10-12H2,1-3H3,(H2,33,36)/t15-,20-,22-,24-,27-/m0/s1. The number of nitrogens with two attached hydrogens (primary N) is 1. The maximum absolute atomic E-state index is 15.5. The van der Waals surface area contributed by atoms with E-state index < -0.39 is 71.5 Å². The lowest BCUT2D eigenvalue weighted by Gasteiger charge is -2.37. The Morgan fingerprint density at radius 2 is 1.95 bits per heavy atom. The van der Waals surface area contributed by atoms with Crippen molar-refractivity contribution < 1.29 is 28.2 Å². The van der Waals surface area contributed by atoms with E-state index in [-0.39, 0.29) is 27.6 Å². The van der Waals surface area contributed by atoms with Gasteiger partial charge < -0.3 is 15.6 Å². The number of hydrogen-bond donors (Lipinski definition) is 3. The number of nitrogens with one attached hydrogen (secondary N) is 1. The largest absolute Gasteiger partial charge is 0.462 e. The quantitative estimate of drug-likeness (QED) is 0.406. The molecule has 0 saturated carbocycles. The van der Waals surface area contributed by atoms with E-state index in [1.807, 2.05) is 20.8 Å². The number of hydrogen-bond acceptors (Lipinski definition) is 6. The van der Waals surface area contributed by atoms with E-state index in [2.05, 4.69) is 11.4 Å². The number of aliphatic hydroxyl groups excluding tert-OH is 1. The Morgan fingerprint density at radius 1 is 1.26 bits per heavy atom. The molecule has 1 heterocycles. The van der Waals surface area contributed by atoms with Crippen LogP contribution < -0.4 is 11.1 Å². The third-order valence-electron chi connectivity index (χ3n) is 6.56. The molecular weight excluding hydrogens is 539 g/mol. The number of nitriles is 1. The van der Waals surface area contributed by atoms with Crippen molar-refractivity contribution in [3.63, 3.8) is 0 Å². The molecule has 0 unspecified atom stereocenters. The minimum atomic E-state index is -1.80. The van der Waals surface area contributed by atoms with E-state index in [1.54, 1.807) is 0 Å². The molecule has 0 spiro atoms. The van der Waals surface area contributed by atoms with E-state index >= 15 is 8.78 Å². The van der Waals surface area contributed by atoms with E-state index in [4.69, 9.17) is 33.7 Å². The van der Waals surface area contributed by atoms with Gasteiger partial charge in [-0.1, -0.05) is 62.2 Å². The SMILES string of the molecule is CC(C)(C)C[C@@H]1N[C@H](C(=O)OC[C@@H](O)CC(N)=O)[C@H](c2cccc(Cl)c2F)[C@@]1(C#N)c1ccc(Cl)cc1F. The maximum atomic E-state index is 15.5. The highest BCUT2D eigenvalue weighted by molar-refractivity contribution is 6.31. The zero-order chi connectivity index (χ0) is 28.4. The van der Waals surface area contributed by atoms with Crippen LogP contribution >= 0.6 is 23.2 Å². The summed E-state index contributed by atoms with van der Waals surface area (Å²) in [5, 5.41) is 23.7. The fourth-order valence-electron chi connectivity index (χ4n) is 5.09. The molecule has 1 saturated heterocycles. The number of aliphatic hydroxyl groups is 1. The van der Waals surface area contributed by atoms with E-state index in [9.17, 15) is 20.0 Å². The minimum absolute atomic E-state index is 0.0698. The van der Waals surface area contributed by atoms with Gasteiger partial charge in [-0.25, -0.2) is 8.78 Å². The molecule has 7 nitrogen and oxygen atoms in total. The van der Waals surface area contributed by atoms with Crippen molar-refractivity contribution in [1.29, 1.82) is 5.26 Å². The maximum Gasteiger partial charge on any atom is 0.323 e. The van der Waals surface area contributed by atoms with Crippen molar-refractivity contribution in [2.75, 3.05) is 6.61 Å². The number of nitrogens with zero attached hydrogens (tertiary/aromatic N) is 1. The smallest absolute Gasteiger partial charge is 0.323 e. The zero-order valence-corrected chi connectivity index (χ0v) is 22.6. The van der Waals surface area contributed by atoms with Crippen LogP contribution in [0.2, 0.25) is 10.0 Å². The number of carbonyl (C=O) groups excluding carboxylic acids is 2. The van der Waals surface area contributed by atoms with Crippen LogP contribution in [0.25, 0.3) is 0 Å². The Bertz CT molecular complexity index is 1260. The highest BCUT2D eigenvalue weighted by atomic mass is 35.5. The average Bonchev–Trinajstić information content (AvgIpc) is 3.11. The predicted octanol–water partition coefficient (Wildman–Crippen LogP) is 4.37. The monoisotopic (exact) mass is 567 g/mol. The summed E-state index contributed by atoms with van der Waals surface area (Å²) in [6, 6.07) is 8.04. The summed E-state index contributed by atoms with van der Waals surface area (Å²) in [5.74, 6) is -4.67. The third kappa shape index (κ3) is 6.10. The van der Waals surface area contributed by atoms with Crippen LogP contribution in [0.5, 0.6) is 0 Å². The summed E-state index contributed by atoms with van der Waals surface area (Å²) in [6.45, 7) is 5.17. The number of esters is 1. The number of halogens is 4. The molecule has 11 heteroatoms. The van der Waals surface area contributed by atoms with Crippen molar-refractivity contribution in [1.82, 2.24) is 5.32 Å². The lowest BCUT2D eigenvalue weighted by molar-refractivity contribution is -0.150. The molecule has 0 aliphatic carbocycles. The molecule has 2 aromatic rings. The lowest BCUT2D eigenvalue weighted by Crippen LogP contribution is -2.44. The second kappa shape index (κ2) is 11.5. The molecule has 1 aliphatic heterocycles. The number of rotatable bonds is 8. The molecule has 0 radical (unpaired) electrons. The first-order valence-corrected chi connectivity index (χ1v) is 12.7. The van der Waals surface area contributed by atoms with Crippen LogP contribution in [0.1, 0.15) is 50.7 Å². The summed E-state index contributed by atoms with van der Waals surface area (Å²) in [6.07, 6.45) is -1.52. The summed E-state index contributed by atoms with van der Waals surface area (Å²) < 4.78 is 36.4. The molecule has 38 heavy (non-hydrogen) atoms. The van der Waals surface area contributed by atoms with Crippen molar-refractivity contribution >= 4 is 35.1 Å². The zero-order valence-electron chi connectivity index (χ0n) is 21.1. The van der Waals surface area contributed by atoms with Crippen molar-refractivity contribution in [3.05, 3.63) is 69.2 Å². The first-order chi connectivity index (χ1) is 17.7. The normalized spacial score (nSPS) is 24.0. The Morgan fingerprint density at radius 3 is 2.53 bits per heavy atom. The Kier molecular flexibility index (Phi) is 9.04. The van der Waals surface area contributed by atoms with Gasteiger partial charge in [0.05, 0.1) is 23.6 Å². The molecule has 2 aromatic carbocycles. The van der Waals surface area contributed by atoms with Gasteiger partial charge >= 0.3 is 5.97 Å². The summed E-state index contributed by atoms with van der Waals surface area (Å²) in [4.78, 5) is 24.5. The number of primary amides is 1. The lowest BCUT2D eigenvalue weighted by atomic mass is 9.62. The predicted molar refractivity (Wildman–Crippen MR) is 138 cm³/mol. The van der Waals surface area contributed by atoms with Crippen LogP contribution in [0.4, 0.5) is 8.78 Å². The molecule has 0 aromatic heterocycles. The van der Waals surface area contributed by atoms with E-state index in [0.717, 1.165) is 6.07 Å². The van der Waals surface area contributed by atoms with Gasteiger partial charge in [-0.2, -0.15) is 5.26 Å². The highest BCUT2D eigenvalue weighted by Crippen LogP contribution is 2.52. The van der Waals surface area contributed by atoms with Gasteiger partial charge in [0.2, 0.25) is 5.91 Å². The minimum Gasteiger partial charge on any atom is -0.462 e. The molecule has 1 fully saturated rings. The molecule has 204 valence electrons. The van der Waals surface area contributed by atoms with Crippen molar-refractivity contribution in [2.24, 2.45) is 11.1 Å². The van der Waals surface area contributed by atoms with Gasteiger partial charge in [-0.05, 0) is 35.6 Å². The van der Waals surface area contributed by atoms with Crippen molar-refractivity contribution in [2.45, 2.75) is 63.1 Å². The third-order valence-corrected chi connectivity index (χ3v) is 7.08. The molecule has 5 atom stereocenters. The number of ether oxygens (including phenoxy) is 1. The summed E-state index contributed by atoms with van der Waals surface area (Å²) >= 11 is 12.1. The van der Waals surface area contributed by atoms with Crippen LogP contribution in [0.3, 0.4) is 0 Å². The van der Waals surface area contributed by atoms with Crippen molar-refractivity contribution in [3.8, 4) is 6.07 Å². The van der Waals surface area contributed by atoms with Gasteiger partial charge in [-0.3, -0.25) is 14.9 Å². The first kappa shape index (κ1) is 29.8. The van der Waals surface area contributed by atoms with Gasteiger partial charge in [0, 0.05) is 22.5 Å². The second-order valence-corrected chi connectivity index (χ2v) is 11.5. The Labute approximate surface area is 229 Å². The Balaban J connectivity index is 2.23. The fraction of sp³-hybridized carbons (Fsp3) is 0.444. The van der Waals surface area contributed by atoms with Gasteiger partial charge in [-0.15, -0.1) is 0 Å². The highest BCUT2D eigenvalue weighted by Gasteiger charge is 2.61. The molecule has 1 aliphatic rings. The van der Waals surface area contributed by atoms with Gasteiger partial charge in [0.1, 0.15) is 29.7 Å². The number of amides is 1. The molecule has 3 rings (SSSR count). The molecule has 0 bridgehead atoms. The van der Waals surface area contributed by atoms with Crippen LogP contribution in [-0.4, -0.2) is 41.8 Å². The van der Waals surface area contributed by atoms with E-state index in [1.165, 1.54) is 30.3 Å². The molecule has 4 N–H and O–H groups in total. The Hall–Kier alpha value is -2.77. The summed E-state index contributed by atoms with van der Waals surface area (Å²) in [7, 11) is 0. The average molecular weight is 568 g/mol. The molecular formula is C27H29Cl2F2N3O4.